The van der Waals surface area contributed by atoms with Gasteiger partial charge in [-0.25, -0.2) is 0 Å². The van der Waals surface area contributed by atoms with Crippen LogP contribution < -0.4 is 10.2 Å². The molecule has 0 unspecified atom stereocenters. The molecule has 1 aliphatic heterocycles. The van der Waals surface area contributed by atoms with E-state index in [1.807, 2.05) is 25.0 Å². The molecule has 4 rings (SSSR count). The molecule has 0 aliphatic carbocycles. The van der Waals surface area contributed by atoms with Gasteiger partial charge >= 0.3 is 0 Å². The van der Waals surface area contributed by atoms with Gasteiger partial charge in [0.1, 0.15) is 5.82 Å². The number of hydrogen-bond acceptors (Lipinski definition) is 5. The van der Waals surface area contributed by atoms with Crippen molar-refractivity contribution in [2.45, 2.75) is 39.0 Å². The van der Waals surface area contributed by atoms with Crippen molar-refractivity contribution in [2.24, 2.45) is 7.05 Å². The highest BCUT2D eigenvalue weighted by Crippen LogP contribution is 2.29. The van der Waals surface area contributed by atoms with Crippen LogP contribution in [0.15, 0.2) is 73.3 Å². The first-order valence-electron chi connectivity index (χ1n) is 13.8. The van der Waals surface area contributed by atoms with Crippen LogP contribution in [0.25, 0.3) is 22.0 Å². The number of nitrogens with one attached hydrogen (secondary N) is 1. The molecule has 1 fully saturated rings. The van der Waals surface area contributed by atoms with Crippen LogP contribution in [0.5, 0.6) is 0 Å². The lowest BCUT2D eigenvalue weighted by molar-refractivity contribution is 0.163. The number of aromatic nitrogens is 2. The molecule has 2 aromatic carbocycles. The van der Waals surface area contributed by atoms with Gasteiger partial charge in [0.05, 0.1) is 11.7 Å². The third kappa shape index (κ3) is 6.75. The van der Waals surface area contributed by atoms with E-state index in [2.05, 4.69) is 87.7 Å². The predicted octanol–water partition coefficient (Wildman–Crippen LogP) is 5.84. The normalized spacial score (nSPS) is 14.2. The summed E-state index contributed by atoms with van der Waals surface area (Å²) in [5.74, 6) is 1.13. The van der Waals surface area contributed by atoms with Crippen LogP contribution in [0.4, 0.5) is 5.69 Å². The molecule has 3 aromatic rings. The van der Waals surface area contributed by atoms with Crippen LogP contribution in [-0.2, 0) is 7.05 Å². The van der Waals surface area contributed by atoms with E-state index in [1.165, 1.54) is 41.5 Å². The molecule has 198 valence electrons. The van der Waals surface area contributed by atoms with Crippen molar-refractivity contribution in [3.8, 4) is 11.1 Å². The van der Waals surface area contributed by atoms with Crippen molar-refractivity contribution in [2.75, 3.05) is 51.2 Å². The number of unbranched alkanes of at least 4 members (excludes halogenated alkanes) is 3. The Balaban J connectivity index is 1.45. The third-order valence-electron chi connectivity index (χ3n) is 7.72. The van der Waals surface area contributed by atoms with Gasteiger partial charge in [-0.15, -0.1) is 0 Å². The summed E-state index contributed by atoms with van der Waals surface area (Å²) in [4.78, 5) is 7.41. The van der Waals surface area contributed by atoms with E-state index in [0.717, 1.165) is 69.1 Å². The van der Waals surface area contributed by atoms with Crippen molar-refractivity contribution in [3.63, 3.8) is 0 Å². The molecule has 1 saturated heterocycles. The Morgan fingerprint density at radius 3 is 2.35 bits per heavy atom. The molecule has 6 nitrogen and oxygen atoms in total. The summed E-state index contributed by atoms with van der Waals surface area (Å²) in [6.45, 7) is 17.3. The van der Waals surface area contributed by atoms with E-state index < -0.39 is 0 Å². The first-order valence-corrected chi connectivity index (χ1v) is 13.8. The number of rotatable bonds is 13. The van der Waals surface area contributed by atoms with Crippen molar-refractivity contribution >= 4 is 16.6 Å². The lowest BCUT2D eigenvalue weighted by atomic mass is 10.0. The van der Waals surface area contributed by atoms with E-state index in [4.69, 9.17) is 0 Å². The molecule has 0 spiro atoms. The Morgan fingerprint density at radius 2 is 1.65 bits per heavy atom. The molecule has 0 bridgehead atoms. The molecule has 0 saturated carbocycles. The van der Waals surface area contributed by atoms with Crippen LogP contribution in [0, 0.1) is 0 Å². The number of benzene rings is 2. The summed E-state index contributed by atoms with van der Waals surface area (Å²) in [5.41, 5.74) is 5.94. The summed E-state index contributed by atoms with van der Waals surface area (Å²) in [5, 5.41) is 8.71. The number of fused-ring (bicyclic) bond motifs is 1. The highest BCUT2D eigenvalue weighted by atomic mass is 15.4. The first-order chi connectivity index (χ1) is 18.0. The van der Waals surface area contributed by atoms with Crippen LogP contribution in [-0.4, -0.2) is 65.9 Å². The largest absolute Gasteiger partial charge is 0.392 e. The Bertz CT molecular complexity index is 1170. The molecular formula is C31H44N6. The number of anilines is 1. The minimum Gasteiger partial charge on any atom is -0.392 e. The fourth-order valence-electron chi connectivity index (χ4n) is 5.14. The van der Waals surface area contributed by atoms with Gasteiger partial charge in [0, 0.05) is 63.6 Å². The van der Waals surface area contributed by atoms with Gasteiger partial charge in [-0.1, -0.05) is 57.2 Å². The number of allylic oxidation sites excluding steroid dienone is 1. The van der Waals surface area contributed by atoms with E-state index in [1.54, 1.807) is 0 Å². The second-order valence-electron chi connectivity index (χ2n) is 10.1. The highest BCUT2D eigenvalue weighted by molar-refractivity contribution is 5.84. The zero-order chi connectivity index (χ0) is 26.2. The maximum atomic E-state index is 4.58. The van der Waals surface area contributed by atoms with Gasteiger partial charge in [-0.2, -0.15) is 5.10 Å². The molecule has 0 radical (unpaired) electrons. The van der Waals surface area contributed by atoms with E-state index in [-0.39, 0.29) is 0 Å². The lowest BCUT2D eigenvalue weighted by Gasteiger charge is -2.40. The number of likely N-dealkylation sites (N-methyl/N-ethyl adjacent to an activating group) is 1. The van der Waals surface area contributed by atoms with Gasteiger partial charge in [0.25, 0.3) is 0 Å². The van der Waals surface area contributed by atoms with E-state index >= 15 is 0 Å². The van der Waals surface area contributed by atoms with Crippen LogP contribution in [0.1, 0.15) is 39.0 Å². The van der Waals surface area contributed by atoms with Gasteiger partial charge in [-0.05, 0) is 55.1 Å². The highest BCUT2D eigenvalue weighted by Gasteiger charge is 2.21. The number of hydrogen-bond donors (Lipinski definition) is 1. The van der Waals surface area contributed by atoms with Crippen LogP contribution in [0.2, 0.25) is 0 Å². The number of piperazine rings is 1. The molecule has 37 heavy (non-hydrogen) atoms. The molecular weight excluding hydrogens is 456 g/mol. The average molecular weight is 501 g/mol. The number of aryl methyl sites for hydroxylation is 1. The second-order valence-corrected chi connectivity index (χ2v) is 10.1. The Labute approximate surface area is 223 Å². The minimum atomic E-state index is 0.986. The second kappa shape index (κ2) is 12.8. The van der Waals surface area contributed by atoms with Crippen LogP contribution in [0.3, 0.4) is 0 Å². The monoisotopic (exact) mass is 500 g/mol. The fraction of sp³-hybridized carbons (Fsp3) is 0.452. The maximum Gasteiger partial charge on any atom is 0.101 e. The van der Waals surface area contributed by atoms with Gasteiger partial charge < -0.3 is 20.0 Å². The summed E-state index contributed by atoms with van der Waals surface area (Å²) in [6.07, 6.45) is 7.76. The Kier molecular flexibility index (Phi) is 9.29. The molecule has 0 amide bonds. The quantitative estimate of drug-likeness (QED) is 0.299. The zero-order valence-corrected chi connectivity index (χ0v) is 23.0. The Hall–Kier alpha value is -3.25. The lowest BCUT2D eigenvalue weighted by Crippen LogP contribution is -2.48. The van der Waals surface area contributed by atoms with E-state index in [0.29, 0.717) is 0 Å². The molecule has 1 aromatic heterocycles. The number of nitrogens with zero attached hydrogens (tertiary/aromatic N) is 5. The predicted molar refractivity (Wildman–Crippen MR) is 158 cm³/mol. The van der Waals surface area contributed by atoms with Gasteiger partial charge in [0.15, 0.2) is 0 Å². The van der Waals surface area contributed by atoms with E-state index in [9.17, 15) is 0 Å². The summed E-state index contributed by atoms with van der Waals surface area (Å²) in [7, 11) is 3.95. The summed E-state index contributed by atoms with van der Waals surface area (Å²) >= 11 is 0. The molecule has 2 heterocycles. The maximum absolute atomic E-state index is 4.58. The smallest absolute Gasteiger partial charge is 0.101 e. The minimum absolute atomic E-state index is 0.986. The van der Waals surface area contributed by atoms with Crippen molar-refractivity contribution < 1.29 is 0 Å². The molecule has 1 aliphatic rings. The van der Waals surface area contributed by atoms with Crippen LogP contribution >= 0.6 is 0 Å². The van der Waals surface area contributed by atoms with Crippen molar-refractivity contribution in [3.05, 3.63) is 73.3 Å². The third-order valence-corrected chi connectivity index (χ3v) is 7.72. The first kappa shape index (κ1) is 26.8. The Morgan fingerprint density at radius 1 is 0.946 bits per heavy atom. The van der Waals surface area contributed by atoms with Gasteiger partial charge in [0.2, 0.25) is 0 Å². The fourth-order valence-corrected chi connectivity index (χ4v) is 5.14. The molecule has 0 atom stereocenters. The topological polar surface area (TPSA) is 39.6 Å². The standard InChI is InChI=1S/C31H44N6/c1-6-35-19-21-36(22-20-35)26(3)37(18-10-8-7-9-11-25(2)32-4)30-16-14-27(15-17-30)28-12-13-29-24-33-34(5)31(29)23-28/h12-17,23-24,32H,2-3,6-11,18-22H2,1,4-5H3. The SMILES string of the molecule is C=C(CCCCCCN(C(=C)N1CCN(CC)CC1)c1ccc(-c2ccc3cnn(C)c3c2)cc1)NC. The average Bonchev–Trinajstić information content (AvgIpc) is 3.32. The molecule has 6 heteroatoms. The summed E-state index contributed by atoms with van der Waals surface area (Å²) < 4.78 is 1.94. The van der Waals surface area contributed by atoms with Crippen molar-refractivity contribution in [1.82, 2.24) is 24.9 Å². The zero-order valence-electron chi connectivity index (χ0n) is 23.0. The molecule has 1 N–H and O–H groups in total. The van der Waals surface area contributed by atoms with Crippen molar-refractivity contribution in [1.29, 1.82) is 0 Å². The summed E-state index contributed by atoms with van der Waals surface area (Å²) in [6, 6.07) is 15.6. The van der Waals surface area contributed by atoms with Gasteiger partial charge in [-0.3, -0.25) is 4.68 Å².